The summed E-state index contributed by atoms with van der Waals surface area (Å²) in [4.78, 5) is 10.8. The summed E-state index contributed by atoms with van der Waals surface area (Å²) in [7, 11) is -3.09. The summed E-state index contributed by atoms with van der Waals surface area (Å²) in [6.07, 6.45) is 0.135. The number of carbonyl (C=O) groups is 1. The standard InChI is InChI=1S/C17H15FN2O5S/c1-25-16-7-6-14(10-15(16)18)26(23,24)20(11-17(21)22)13-4-2-12(3-5-13)8-9-19/h2-7,10H,8,11H2,1H3,(H,21,22). The molecular formula is C17H15FN2O5S. The average molecular weight is 378 g/mol. The monoisotopic (exact) mass is 378 g/mol. The van der Waals surface area contributed by atoms with Crippen LogP contribution in [0, 0.1) is 17.1 Å². The fourth-order valence-corrected chi connectivity index (χ4v) is 3.67. The van der Waals surface area contributed by atoms with Crippen LogP contribution < -0.4 is 9.04 Å². The summed E-state index contributed by atoms with van der Waals surface area (Å²) in [5.74, 6) is -2.38. The van der Waals surface area contributed by atoms with Gasteiger partial charge in [0.05, 0.1) is 30.2 Å². The van der Waals surface area contributed by atoms with E-state index in [1.165, 1.54) is 31.4 Å². The van der Waals surface area contributed by atoms with E-state index in [1.54, 1.807) is 0 Å². The number of halogens is 1. The minimum atomic E-state index is -4.33. The molecule has 0 aromatic heterocycles. The van der Waals surface area contributed by atoms with Gasteiger partial charge < -0.3 is 9.84 Å². The zero-order valence-electron chi connectivity index (χ0n) is 13.7. The van der Waals surface area contributed by atoms with Crippen molar-refractivity contribution in [1.29, 1.82) is 5.26 Å². The van der Waals surface area contributed by atoms with Crippen LogP contribution in [-0.2, 0) is 21.2 Å². The number of carboxylic acids is 1. The van der Waals surface area contributed by atoms with Crippen LogP contribution in [0.2, 0.25) is 0 Å². The highest BCUT2D eigenvalue weighted by Crippen LogP contribution is 2.27. The van der Waals surface area contributed by atoms with Crippen LogP contribution in [0.3, 0.4) is 0 Å². The Morgan fingerprint density at radius 2 is 1.92 bits per heavy atom. The first-order valence-corrected chi connectivity index (χ1v) is 8.77. The van der Waals surface area contributed by atoms with E-state index in [4.69, 9.17) is 15.1 Å². The lowest BCUT2D eigenvalue weighted by molar-refractivity contribution is -0.135. The molecule has 0 fully saturated rings. The van der Waals surface area contributed by atoms with Gasteiger partial charge in [-0.25, -0.2) is 12.8 Å². The summed E-state index contributed by atoms with van der Waals surface area (Å²) < 4.78 is 45.0. The predicted octanol–water partition coefficient (Wildman–Crippen LogP) is 2.18. The lowest BCUT2D eigenvalue weighted by Gasteiger charge is -2.23. The minimum absolute atomic E-state index is 0.0883. The van der Waals surface area contributed by atoms with Gasteiger partial charge in [0.25, 0.3) is 10.0 Å². The zero-order valence-corrected chi connectivity index (χ0v) is 14.5. The maximum absolute atomic E-state index is 13.9. The molecule has 9 heteroatoms. The second kappa shape index (κ2) is 7.84. The van der Waals surface area contributed by atoms with E-state index in [1.807, 2.05) is 6.07 Å². The third-order valence-corrected chi connectivity index (χ3v) is 5.27. The smallest absolute Gasteiger partial charge is 0.324 e. The number of hydrogen-bond acceptors (Lipinski definition) is 5. The van der Waals surface area contributed by atoms with Crippen molar-refractivity contribution < 1.29 is 27.4 Å². The Labute approximate surface area is 149 Å². The van der Waals surface area contributed by atoms with Crippen LogP contribution in [0.5, 0.6) is 5.75 Å². The maximum Gasteiger partial charge on any atom is 0.324 e. The van der Waals surface area contributed by atoms with Crippen LogP contribution in [0.15, 0.2) is 47.4 Å². The van der Waals surface area contributed by atoms with Crippen molar-refractivity contribution in [3.63, 3.8) is 0 Å². The second-order valence-electron chi connectivity index (χ2n) is 5.20. The van der Waals surface area contributed by atoms with Crippen molar-refractivity contribution >= 4 is 21.7 Å². The molecular weight excluding hydrogens is 363 g/mol. The SMILES string of the molecule is COc1ccc(S(=O)(=O)N(CC(=O)O)c2ccc(CC#N)cc2)cc1F. The van der Waals surface area contributed by atoms with E-state index in [0.717, 1.165) is 18.2 Å². The highest BCUT2D eigenvalue weighted by molar-refractivity contribution is 7.92. The third kappa shape index (κ3) is 4.10. The van der Waals surface area contributed by atoms with Gasteiger partial charge in [0.1, 0.15) is 6.54 Å². The Balaban J connectivity index is 2.49. The van der Waals surface area contributed by atoms with Gasteiger partial charge in [-0.3, -0.25) is 9.10 Å². The number of nitriles is 1. The molecule has 2 aromatic carbocycles. The maximum atomic E-state index is 13.9. The lowest BCUT2D eigenvalue weighted by atomic mass is 10.1. The number of benzene rings is 2. The van der Waals surface area contributed by atoms with E-state index < -0.39 is 33.3 Å². The topological polar surface area (TPSA) is 108 Å². The van der Waals surface area contributed by atoms with Crippen molar-refractivity contribution in [2.75, 3.05) is 18.0 Å². The molecule has 0 saturated carbocycles. The van der Waals surface area contributed by atoms with Gasteiger partial charge >= 0.3 is 5.97 Å². The Hall–Kier alpha value is -3.12. The Bertz CT molecular complexity index is 952. The highest BCUT2D eigenvalue weighted by Gasteiger charge is 2.28. The van der Waals surface area contributed by atoms with Crippen molar-refractivity contribution in [3.8, 4) is 11.8 Å². The molecule has 0 amide bonds. The summed E-state index contributed by atoms with van der Waals surface area (Å²) in [5, 5.41) is 17.8. The number of ether oxygens (including phenoxy) is 1. The molecule has 1 N–H and O–H groups in total. The molecule has 0 unspecified atom stereocenters. The van der Waals surface area contributed by atoms with Gasteiger partial charge in [-0.15, -0.1) is 0 Å². The number of sulfonamides is 1. The molecule has 2 rings (SSSR count). The highest BCUT2D eigenvalue weighted by atomic mass is 32.2. The number of hydrogen-bond donors (Lipinski definition) is 1. The van der Waals surface area contributed by atoms with E-state index in [9.17, 15) is 17.6 Å². The van der Waals surface area contributed by atoms with Crippen LogP contribution >= 0.6 is 0 Å². The van der Waals surface area contributed by atoms with Crippen LogP contribution in [-0.4, -0.2) is 33.1 Å². The number of carboxylic acid groups (broad SMARTS) is 1. The van der Waals surface area contributed by atoms with Crippen molar-refractivity contribution in [1.82, 2.24) is 0 Å². The van der Waals surface area contributed by atoms with Crippen LogP contribution in [0.1, 0.15) is 5.56 Å². The second-order valence-corrected chi connectivity index (χ2v) is 7.07. The van der Waals surface area contributed by atoms with Gasteiger partial charge in [-0.2, -0.15) is 5.26 Å². The van der Waals surface area contributed by atoms with Crippen molar-refractivity contribution in [2.24, 2.45) is 0 Å². The average Bonchev–Trinajstić information content (AvgIpc) is 2.60. The number of anilines is 1. The van der Waals surface area contributed by atoms with Crippen LogP contribution in [0.25, 0.3) is 0 Å². The molecule has 0 atom stereocenters. The van der Waals surface area contributed by atoms with E-state index in [-0.39, 0.29) is 17.9 Å². The number of aliphatic carboxylic acids is 1. The van der Waals surface area contributed by atoms with Crippen LogP contribution in [0.4, 0.5) is 10.1 Å². The zero-order chi connectivity index (χ0) is 19.3. The van der Waals surface area contributed by atoms with Gasteiger partial charge in [0, 0.05) is 0 Å². The quantitative estimate of drug-likeness (QED) is 0.791. The minimum Gasteiger partial charge on any atom is -0.494 e. The van der Waals surface area contributed by atoms with Crippen molar-refractivity contribution in [3.05, 3.63) is 53.8 Å². The van der Waals surface area contributed by atoms with Crippen molar-refractivity contribution in [2.45, 2.75) is 11.3 Å². The first kappa shape index (κ1) is 19.2. The van der Waals surface area contributed by atoms with E-state index >= 15 is 0 Å². The number of methoxy groups -OCH3 is 1. The first-order valence-electron chi connectivity index (χ1n) is 7.33. The molecule has 136 valence electrons. The molecule has 0 aliphatic carbocycles. The molecule has 0 bridgehead atoms. The molecule has 0 aliphatic rings. The molecule has 7 nitrogen and oxygen atoms in total. The molecule has 26 heavy (non-hydrogen) atoms. The summed E-state index contributed by atoms with van der Waals surface area (Å²) >= 11 is 0. The Morgan fingerprint density at radius 3 is 2.42 bits per heavy atom. The van der Waals surface area contributed by atoms with Gasteiger partial charge in [-0.05, 0) is 35.9 Å². The third-order valence-electron chi connectivity index (χ3n) is 3.50. The summed E-state index contributed by atoms with van der Waals surface area (Å²) in [5.41, 5.74) is 0.740. The fraction of sp³-hybridized carbons (Fsp3) is 0.176. The normalized spacial score (nSPS) is 10.8. The molecule has 0 aliphatic heterocycles. The largest absolute Gasteiger partial charge is 0.494 e. The lowest BCUT2D eigenvalue weighted by Crippen LogP contribution is -2.35. The summed E-state index contributed by atoms with van der Waals surface area (Å²) in [6, 6.07) is 10.9. The molecule has 0 radical (unpaired) electrons. The predicted molar refractivity (Wildman–Crippen MR) is 90.9 cm³/mol. The van der Waals surface area contributed by atoms with E-state index in [2.05, 4.69) is 0 Å². The molecule has 0 spiro atoms. The van der Waals surface area contributed by atoms with E-state index in [0.29, 0.717) is 9.87 Å². The Kier molecular flexibility index (Phi) is 5.79. The van der Waals surface area contributed by atoms with Gasteiger partial charge in [0.15, 0.2) is 11.6 Å². The molecule has 2 aromatic rings. The summed E-state index contributed by atoms with van der Waals surface area (Å²) in [6.45, 7) is -0.840. The fourth-order valence-electron chi connectivity index (χ4n) is 2.24. The van der Waals surface area contributed by atoms with Gasteiger partial charge in [-0.1, -0.05) is 12.1 Å². The number of nitrogens with zero attached hydrogens (tertiary/aromatic N) is 2. The first-order chi connectivity index (χ1) is 12.3. The van der Waals surface area contributed by atoms with Gasteiger partial charge in [0.2, 0.25) is 0 Å². The number of rotatable bonds is 7. The molecule has 0 heterocycles. The Morgan fingerprint density at radius 1 is 1.27 bits per heavy atom. The molecule has 0 saturated heterocycles.